The van der Waals surface area contributed by atoms with E-state index in [2.05, 4.69) is 9.68 Å². The van der Waals surface area contributed by atoms with E-state index in [1.165, 1.54) is 6.92 Å². The Morgan fingerprint density at radius 1 is 1.37 bits per heavy atom. The molecule has 0 aliphatic rings. The first kappa shape index (κ1) is 13.1. The van der Waals surface area contributed by atoms with Crippen LogP contribution in [0.15, 0.2) is 22.7 Å². The van der Waals surface area contributed by atoms with Crippen molar-refractivity contribution < 1.29 is 27.6 Å². The third-order valence-electron chi connectivity index (χ3n) is 2.51. The van der Waals surface area contributed by atoms with Gasteiger partial charge in [-0.15, -0.1) is 0 Å². The fourth-order valence-corrected chi connectivity index (χ4v) is 1.53. The van der Waals surface area contributed by atoms with Crippen molar-refractivity contribution in [2.24, 2.45) is 0 Å². The maximum atomic E-state index is 13.6. The number of aromatic nitrogens is 1. The smallest absolute Gasteiger partial charge is 0.374 e. The molecule has 1 heterocycles. The summed E-state index contributed by atoms with van der Waals surface area (Å²) in [6.45, 7) is 1.17. The highest BCUT2D eigenvalue weighted by Crippen LogP contribution is 2.29. The summed E-state index contributed by atoms with van der Waals surface area (Å²) in [5.41, 5.74) is -0.638. The Morgan fingerprint density at radius 2 is 2.05 bits per heavy atom. The highest BCUT2D eigenvalue weighted by molar-refractivity contribution is 5.85. The van der Waals surface area contributed by atoms with Gasteiger partial charge in [-0.25, -0.2) is 18.0 Å². The standard InChI is InChI=1S/C12H8F3NO3/c1-5(13)6-2-7(11(15)8(14)3-6)9-4-10(12(17)18)19-16-9/h2-5H,1H3,(H,17,18). The van der Waals surface area contributed by atoms with Gasteiger partial charge in [0.25, 0.3) is 0 Å². The predicted octanol–water partition coefficient (Wildman–Crippen LogP) is 3.35. The number of halogens is 3. The first-order valence-corrected chi connectivity index (χ1v) is 5.23. The Morgan fingerprint density at radius 3 is 2.58 bits per heavy atom. The van der Waals surface area contributed by atoms with Gasteiger partial charge in [-0.05, 0) is 24.6 Å². The van der Waals surface area contributed by atoms with Crippen LogP contribution < -0.4 is 0 Å². The monoisotopic (exact) mass is 271 g/mol. The molecule has 1 N–H and O–H groups in total. The second kappa shape index (κ2) is 4.75. The van der Waals surface area contributed by atoms with E-state index in [9.17, 15) is 18.0 Å². The zero-order chi connectivity index (χ0) is 14.2. The molecule has 19 heavy (non-hydrogen) atoms. The van der Waals surface area contributed by atoms with Gasteiger partial charge in [0.15, 0.2) is 11.6 Å². The van der Waals surface area contributed by atoms with Crippen molar-refractivity contribution in [3.63, 3.8) is 0 Å². The van der Waals surface area contributed by atoms with Crippen LogP contribution in [-0.4, -0.2) is 16.2 Å². The van der Waals surface area contributed by atoms with Gasteiger partial charge in [0.1, 0.15) is 11.9 Å². The van der Waals surface area contributed by atoms with Gasteiger partial charge in [-0.2, -0.15) is 0 Å². The number of benzene rings is 1. The summed E-state index contributed by atoms with van der Waals surface area (Å²) < 4.78 is 44.5. The summed E-state index contributed by atoms with van der Waals surface area (Å²) in [7, 11) is 0. The molecule has 0 radical (unpaired) electrons. The van der Waals surface area contributed by atoms with Crippen LogP contribution in [0.3, 0.4) is 0 Å². The second-order valence-corrected chi connectivity index (χ2v) is 3.86. The van der Waals surface area contributed by atoms with Crippen LogP contribution in [0, 0.1) is 11.6 Å². The largest absolute Gasteiger partial charge is 0.475 e. The van der Waals surface area contributed by atoms with Crippen molar-refractivity contribution in [1.29, 1.82) is 0 Å². The highest BCUT2D eigenvalue weighted by Gasteiger charge is 2.19. The summed E-state index contributed by atoms with van der Waals surface area (Å²) in [5.74, 6) is -4.39. The van der Waals surface area contributed by atoms with E-state index in [0.29, 0.717) is 0 Å². The number of hydrogen-bond donors (Lipinski definition) is 1. The second-order valence-electron chi connectivity index (χ2n) is 3.86. The van der Waals surface area contributed by atoms with E-state index in [1.807, 2.05) is 0 Å². The lowest BCUT2D eigenvalue weighted by Gasteiger charge is -2.06. The summed E-state index contributed by atoms with van der Waals surface area (Å²) in [6.07, 6.45) is -1.50. The first-order valence-electron chi connectivity index (χ1n) is 5.23. The number of carbonyl (C=O) groups is 1. The molecule has 7 heteroatoms. The lowest BCUT2D eigenvalue weighted by atomic mass is 10.0. The number of rotatable bonds is 3. The van der Waals surface area contributed by atoms with Crippen LogP contribution in [0.2, 0.25) is 0 Å². The Kier molecular flexibility index (Phi) is 3.28. The van der Waals surface area contributed by atoms with E-state index >= 15 is 0 Å². The molecular formula is C12H8F3NO3. The van der Waals surface area contributed by atoms with Crippen molar-refractivity contribution in [2.75, 3.05) is 0 Å². The Labute approximate surface area is 105 Å². The average Bonchev–Trinajstić information content (AvgIpc) is 2.81. The summed E-state index contributed by atoms with van der Waals surface area (Å²) in [4.78, 5) is 10.6. The molecule has 0 aliphatic heterocycles. The zero-order valence-electron chi connectivity index (χ0n) is 9.65. The van der Waals surface area contributed by atoms with Crippen molar-refractivity contribution in [3.8, 4) is 11.3 Å². The molecule has 2 aromatic rings. The fourth-order valence-electron chi connectivity index (χ4n) is 1.53. The molecule has 0 aliphatic carbocycles. The van der Waals surface area contributed by atoms with E-state index in [4.69, 9.17) is 5.11 Å². The Balaban J connectivity index is 2.56. The average molecular weight is 271 g/mol. The minimum absolute atomic E-state index is 0.0752. The molecule has 0 saturated heterocycles. The van der Waals surface area contributed by atoms with Crippen molar-refractivity contribution in [3.05, 3.63) is 41.2 Å². The van der Waals surface area contributed by atoms with Gasteiger partial charge >= 0.3 is 5.97 Å². The molecule has 100 valence electrons. The Bertz CT molecular complexity index is 637. The maximum absolute atomic E-state index is 13.6. The first-order chi connectivity index (χ1) is 8.90. The molecule has 0 spiro atoms. The highest BCUT2D eigenvalue weighted by atomic mass is 19.2. The van der Waals surface area contributed by atoms with E-state index in [0.717, 1.165) is 18.2 Å². The molecule has 1 aromatic carbocycles. The maximum Gasteiger partial charge on any atom is 0.374 e. The van der Waals surface area contributed by atoms with E-state index < -0.39 is 29.5 Å². The molecule has 4 nitrogen and oxygen atoms in total. The minimum atomic E-state index is -1.50. The van der Waals surface area contributed by atoms with Crippen LogP contribution in [0.25, 0.3) is 11.3 Å². The lowest BCUT2D eigenvalue weighted by Crippen LogP contribution is -1.96. The van der Waals surface area contributed by atoms with Crippen molar-refractivity contribution in [1.82, 2.24) is 5.16 Å². The van der Waals surface area contributed by atoms with Crippen molar-refractivity contribution >= 4 is 5.97 Å². The third-order valence-corrected chi connectivity index (χ3v) is 2.51. The number of nitrogens with zero attached hydrogens (tertiary/aromatic N) is 1. The summed E-state index contributed by atoms with van der Waals surface area (Å²) in [5, 5.41) is 12.0. The summed E-state index contributed by atoms with van der Waals surface area (Å²) in [6, 6.07) is 2.74. The van der Waals surface area contributed by atoms with Crippen molar-refractivity contribution in [2.45, 2.75) is 13.1 Å². The number of hydrogen-bond acceptors (Lipinski definition) is 3. The third kappa shape index (κ3) is 2.44. The number of alkyl halides is 1. The molecule has 2 rings (SSSR count). The number of aromatic carboxylic acids is 1. The SMILES string of the molecule is CC(F)c1cc(F)c(F)c(-c2cc(C(=O)O)on2)c1. The number of carboxylic acid groups (broad SMARTS) is 1. The van der Waals surface area contributed by atoms with Gasteiger partial charge in [0.05, 0.1) is 0 Å². The van der Waals surface area contributed by atoms with Gasteiger partial charge in [-0.3, -0.25) is 0 Å². The van der Waals surface area contributed by atoms with Gasteiger partial charge in [0, 0.05) is 11.6 Å². The van der Waals surface area contributed by atoms with Gasteiger partial charge in [0.2, 0.25) is 5.76 Å². The quantitative estimate of drug-likeness (QED) is 0.929. The molecule has 0 bridgehead atoms. The Hall–Kier alpha value is -2.31. The predicted molar refractivity (Wildman–Crippen MR) is 58.3 cm³/mol. The van der Waals surface area contributed by atoms with Crippen LogP contribution in [0.5, 0.6) is 0 Å². The van der Waals surface area contributed by atoms with Crippen LogP contribution >= 0.6 is 0 Å². The number of carboxylic acids is 1. The normalized spacial score (nSPS) is 12.4. The lowest BCUT2D eigenvalue weighted by molar-refractivity contribution is 0.0652. The summed E-state index contributed by atoms with van der Waals surface area (Å²) >= 11 is 0. The molecule has 0 amide bonds. The fraction of sp³-hybridized carbons (Fsp3) is 0.167. The van der Waals surface area contributed by atoms with Gasteiger partial charge < -0.3 is 9.63 Å². The molecule has 1 unspecified atom stereocenters. The molecule has 1 aromatic heterocycles. The van der Waals surface area contributed by atoms with E-state index in [-0.39, 0.29) is 16.8 Å². The molecule has 0 fully saturated rings. The molecular weight excluding hydrogens is 263 g/mol. The van der Waals surface area contributed by atoms with Crippen LogP contribution in [-0.2, 0) is 0 Å². The van der Waals surface area contributed by atoms with Crippen LogP contribution in [0.1, 0.15) is 29.2 Å². The topological polar surface area (TPSA) is 63.3 Å². The minimum Gasteiger partial charge on any atom is -0.475 e. The molecule has 0 saturated carbocycles. The van der Waals surface area contributed by atoms with Gasteiger partial charge in [-0.1, -0.05) is 5.16 Å². The van der Waals surface area contributed by atoms with E-state index in [1.54, 1.807) is 0 Å². The molecule has 1 atom stereocenters. The zero-order valence-corrected chi connectivity index (χ0v) is 9.65. The van der Waals surface area contributed by atoms with Crippen LogP contribution in [0.4, 0.5) is 13.2 Å².